The second-order valence-electron chi connectivity index (χ2n) is 4.86. The van der Waals surface area contributed by atoms with Crippen molar-refractivity contribution in [2.75, 3.05) is 0 Å². The molecule has 1 atom stereocenters. The van der Waals surface area contributed by atoms with Gasteiger partial charge in [0.15, 0.2) is 0 Å². The van der Waals surface area contributed by atoms with Gasteiger partial charge in [-0.1, -0.05) is 18.2 Å². The van der Waals surface area contributed by atoms with Crippen molar-refractivity contribution in [2.24, 2.45) is 0 Å². The molecule has 0 fully saturated rings. The number of phenolic OH excluding ortho intramolecular Hbond substituents is 1. The van der Waals surface area contributed by atoms with E-state index in [1.807, 2.05) is 13.0 Å². The summed E-state index contributed by atoms with van der Waals surface area (Å²) >= 11 is 0. The molecule has 0 aliphatic heterocycles. The van der Waals surface area contributed by atoms with Gasteiger partial charge in [-0.3, -0.25) is 0 Å². The summed E-state index contributed by atoms with van der Waals surface area (Å²) in [5.41, 5.74) is 1.02. The van der Waals surface area contributed by atoms with Crippen molar-refractivity contribution >= 4 is 0 Å². The topological polar surface area (TPSA) is 32.3 Å². The minimum absolute atomic E-state index is 0.0799. The van der Waals surface area contributed by atoms with Crippen LogP contribution in [0.25, 0.3) is 0 Å². The zero-order valence-electron chi connectivity index (χ0n) is 11.2. The number of rotatable bonds is 5. The molecule has 2 aromatic carbocycles. The van der Waals surface area contributed by atoms with Crippen LogP contribution in [-0.4, -0.2) is 11.1 Å². The van der Waals surface area contributed by atoms with Crippen LogP contribution in [0, 0.1) is 11.6 Å². The number of aromatic hydroxyl groups is 1. The highest BCUT2D eigenvalue weighted by atomic mass is 19.1. The summed E-state index contributed by atoms with van der Waals surface area (Å²) in [6, 6.07) is 10.7. The Kier molecular flexibility index (Phi) is 4.69. The maximum Gasteiger partial charge on any atom is 0.129 e. The molecule has 0 spiro atoms. The molecule has 0 saturated heterocycles. The summed E-state index contributed by atoms with van der Waals surface area (Å²) in [6.45, 7) is 2.40. The average molecular weight is 277 g/mol. The Morgan fingerprint density at radius 1 is 1.10 bits per heavy atom. The maximum atomic E-state index is 13.5. The Bertz CT molecular complexity index is 566. The van der Waals surface area contributed by atoms with Gasteiger partial charge in [0, 0.05) is 18.2 Å². The van der Waals surface area contributed by atoms with Crippen molar-refractivity contribution in [2.45, 2.75) is 25.9 Å². The largest absolute Gasteiger partial charge is 0.508 e. The fourth-order valence-corrected chi connectivity index (χ4v) is 2.06. The third-order valence-electron chi connectivity index (χ3n) is 3.14. The first-order chi connectivity index (χ1) is 9.56. The molecule has 0 aliphatic carbocycles. The predicted octanol–water partition coefficient (Wildman–Crippen LogP) is 3.39. The molecular formula is C16H17F2NO. The quantitative estimate of drug-likeness (QED) is 0.878. The van der Waals surface area contributed by atoms with Gasteiger partial charge < -0.3 is 10.4 Å². The van der Waals surface area contributed by atoms with Gasteiger partial charge in [0.1, 0.15) is 17.4 Å². The van der Waals surface area contributed by atoms with Gasteiger partial charge in [-0.15, -0.1) is 0 Å². The van der Waals surface area contributed by atoms with E-state index in [0.717, 1.165) is 5.56 Å². The van der Waals surface area contributed by atoms with Crippen LogP contribution in [0.4, 0.5) is 8.78 Å². The van der Waals surface area contributed by atoms with Crippen LogP contribution < -0.4 is 5.32 Å². The lowest BCUT2D eigenvalue weighted by Gasteiger charge is -2.15. The highest BCUT2D eigenvalue weighted by molar-refractivity contribution is 5.27. The fourth-order valence-electron chi connectivity index (χ4n) is 2.06. The van der Waals surface area contributed by atoms with Gasteiger partial charge in [-0.2, -0.15) is 0 Å². The zero-order valence-corrected chi connectivity index (χ0v) is 11.2. The van der Waals surface area contributed by atoms with Crippen molar-refractivity contribution in [3.05, 3.63) is 65.2 Å². The van der Waals surface area contributed by atoms with Crippen molar-refractivity contribution in [1.29, 1.82) is 0 Å². The molecule has 106 valence electrons. The molecule has 0 aromatic heterocycles. The van der Waals surface area contributed by atoms with Crippen LogP contribution in [0.15, 0.2) is 42.5 Å². The average Bonchev–Trinajstić information content (AvgIpc) is 2.41. The Hall–Kier alpha value is -1.94. The van der Waals surface area contributed by atoms with E-state index in [9.17, 15) is 13.9 Å². The number of hydrogen-bond donors (Lipinski definition) is 2. The lowest BCUT2D eigenvalue weighted by molar-refractivity contribution is 0.472. The monoisotopic (exact) mass is 277 g/mol. The third kappa shape index (κ3) is 3.78. The molecule has 2 rings (SSSR count). The standard InChI is InChI=1S/C16H17F2NO/c1-11(8-14-15(17)6-3-7-16(14)18)19-10-12-4-2-5-13(20)9-12/h2-7,9,11,19-20H,8,10H2,1H3/t11-/m1/s1. The number of nitrogens with one attached hydrogen (secondary N) is 1. The van der Waals surface area contributed by atoms with Crippen LogP contribution in [0.2, 0.25) is 0 Å². The Balaban J connectivity index is 1.94. The van der Waals surface area contributed by atoms with Crippen LogP contribution >= 0.6 is 0 Å². The fraction of sp³-hybridized carbons (Fsp3) is 0.250. The van der Waals surface area contributed by atoms with E-state index < -0.39 is 11.6 Å². The number of phenols is 1. The zero-order chi connectivity index (χ0) is 14.5. The molecule has 2 nitrogen and oxygen atoms in total. The molecule has 0 radical (unpaired) electrons. The van der Waals surface area contributed by atoms with E-state index >= 15 is 0 Å². The third-order valence-corrected chi connectivity index (χ3v) is 3.14. The van der Waals surface area contributed by atoms with Gasteiger partial charge in [-0.25, -0.2) is 8.78 Å². The molecule has 2 N–H and O–H groups in total. The molecule has 0 heterocycles. The Labute approximate surface area is 117 Å². The molecule has 0 unspecified atom stereocenters. The molecule has 0 bridgehead atoms. The van der Waals surface area contributed by atoms with E-state index in [2.05, 4.69) is 5.32 Å². The van der Waals surface area contributed by atoms with Crippen LogP contribution in [-0.2, 0) is 13.0 Å². The molecule has 0 saturated carbocycles. The highest BCUT2D eigenvalue weighted by Gasteiger charge is 2.12. The van der Waals surface area contributed by atoms with Gasteiger partial charge >= 0.3 is 0 Å². The minimum Gasteiger partial charge on any atom is -0.508 e. The SMILES string of the molecule is C[C@H](Cc1c(F)cccc1F)NCc1cccc(O)c1. The Morgan fingerprint density at radius 2 is 1.75 bits per heavy atom. The van der Waals surface area contributed by atoms with Crippen LogP contribution in [0.1, 0.15) is 18.1 Å². The van der Waals surface area contributed by atoms with E-state index in [1.165, 1.54) is 18.2 Å². The number of benzene rings is 2. The predicted molar refractivity (Wildman–Crippen MR) is 74.5 cm³/mol. The van der Waals surface area contributed by atoms with Gasteiger partial charge in [0.25, 0.3) is 0 Å². The summed E-state index contributed by atoms with van der Waals surface area (Å²) in [6.07, 6.45) is 0.275. The molecular weight excluding hydrogens is 260 g/mol. The molecule has 20 heavy (non-hydrogen) atoms. The van der Waals surface area contributed by atoms with E-state index in [0.29, 0.717) is 6.54 Å². The second kappa shape index (κ2) is 6.48. The summed E-state index contributed by atoms with van der Waals surface area (Å²) in [4.78, 5) is 0. The first-order valence-electron chi connectivity index (χ1n) is 6.50. The van der Waals surface area contributed by atoms with Gasteiger partial charge in [0.2, 0.25) is 0 Å². The normalized spacial score (nSPS) is 12.3. The first-order valence-corrected chi connectivity index (χ1v) is 6.50. The smallest absolute Gasteiger partial charge is 0.129 e. The lowest BCUT2D eigenvalue weighted by atomic mass is 10.1. The Morgan fingerprint density at radius 3 is 2.40 bits per heavy atom. The minimum atomic E-state index is -0.518. The summed E-state index contributed by atoms with van der Waals surface area (Å²) in [7, 11) is 0. The number of halogens is 2. The molecule has 0 amide bonds. The maximum absolute atomic E-state index is 13.5. The van der Waals surface area contributed by atoms with E-state index in [1.54, 1.807) is 18.2 Å². The van der Waals surface area contributed by atoms with E-state index in [4.69, 9.17) is 0 Å². The summed E-state index contributed by atoms with van der Waals surface area (Å²) < 4.78 is 27.1. The van der Waals surface area contributed by atoms with Gasteiger partial charge in [-0.05, 0) is 43.2 Å². The van der Waals surface area contributed by atoms with Crippen LogP contribution in [0.3, 0.4) is 0 Å². The van der Waals surface area contributed by atoms with Crippen LogP contribution in [0.5, 0.6) is 5.75 Å². The van der Waals surface area contributed by atoms with Gasteiger partial charge in [0.05, 0.1) is 0 Å². The molecule has 2 aromatic rings. The van der Waals surface area contributed by atoms with E-state index in [-0.39, 0.29) is 23.8 Å². The first kappa shape index (κ1) is 14.5. The highest BCUT2D eigenvalue weighted by Crippen LogP contribution is 2.15. The number of hydrogen-bond acceptors (Lipinski definition) is 2. The van der Waals surface area contributed by atoms with Crippen molar-refractivity contribution in [3.63, 3.8) is 0 Å². The van der Waals surface area contributed by atoms with Crippen molar-refractivity contribution in [3.8, 4) is 5.75 Å². The van der Waals surface area contributed by atoms with Crippen molar-refractivity contribution in [1.82, 2.24) is 5.32 Å². The molecule has 4 heteroatoms. The molecule has 0 aliphatic rings. The second-order valence-corrected chi connectivity index (χ2v) is 4.86. The summed E-state index contributed by atoms with van der Waals surface area (Å²) in [5.74, 6) is -0.830. The van der Waals surface area contributed by atoms with Crippen molar-refractivity contribution < 1.29 is 13.9 Å². The lowest BCUT2D eigenvalue weighted by Crippen LogP contribution is -2.28. The summed E-state index contributed by atoms with van der Waals surface area (Å²) in [5, 5.41) is 12.5.